The molecule has 2 rings (SSSR count). The van der Waals surface area contributed by atoms with Crippen LogP contribution in [0.5, 0.6) is 0 Å². The molecule has 0 saturated heterocycles. The van der Waals surface area contributed by atoms with Gasteiger partial charge in [0, 0.05) is 38.1 Å². The quantitative estimate of drug-likeness (QED) is 0.688. The molecule has 0 fully saturated rings. The highest BCUT2D eigenvalue weighted by molar-refractivity contribution is 6.08. The molecule has 1 amide bonds. The maximum atomic E-state index is 12.5. The zero-order chi connectivity index (χ0) is 15.4. The topological polar surface area (TPSA) is 88.4 Å². The fourth-order valence-electron chi connectivity index (χ4n) is 1.87. The van der Waals surface area contributed by atoms with Crippen LogP contribution >= 0.6 is 0 Å². The van der Waals surface area contributed by atoms with E-state index in [1.165, 1.54) is 29.2 Å². The number of nitro groups is 1. The van der Waals surface area contributed by atoms with Gasteiger partial charge in [0.05, 0.1) is 10.5 Å². The molecule has 1 heterocycles. The van der Waals surface area contributed by atoms with Gasteiger partial charge in [-0.1, -0.05) is 0 Å². The average Bonchev–Trinajstić information content (AvgIpc) is 2.53. The fraction of sp³-hybridized carbons (Fsp3) is 0.143. The molecule has 1 aromatic carbocycles. The summed E-state index contributed by atoms with van der Waals surface area (Å²) in [5.41, 5.74) is 0.981. The molecule has 21 heavy (non-hydrogen) atoms. The maximum absolute atomic E-state index is 12.5. The standard InChI is InChI=1S/C14H14N4O3/c1-15-13-12(4-3-9-16-13)14(19)17(2)10-5-7-11(8-6-10)18(20)21/h3-9H,1-2H3,(H,15,16). The minimum Gasteiger partial charge on any atom is -0.372 e. The van der Waals surface area contributed by atoms with E-state index in [0.717, 1.165) is 0 Å². The highest BCUT2D eigenvalue weighted by atomic mass is 16.6. The van der Waals surface area contributed by atoms with E-state index < -0.39 is 4.92 Å². The van der Waals surface area contributed by atoms with Gasteiger partial charge < -0.3 is 10.2 Å². The Morgan fingerprint density at radius 2 is 1.95 bits per heavy atom. The Hall–Kier alpha value is -2.96. The number of anilines is 2. The first-order valence-corrected chi connectivity index (χ1v) is 6.20. The van der Waals surface area contributed by atoms with Crippen molar-refractivity contribution in [1.82, 2.24) is 4.98 Å². The first-order chi connectivity index (χ1) is 10.0. The van der Waals surface area contributed by atoms with Crippen LogP contribution in [0.1, 0.15) is 10.4 Å². The number of aromatic nitrogens is 1. The number of benzene rings is 1. The van der Waals surface area contributed by atoms with Gasteiger partial charge in [-0.3, -0.25) is 14.9 Å². The largest absolute Gasteiger partial charge is 0.372 e. The zero-order valence-electron chi connectivity index (χ0n) is 11.6. The molecule has 0 spiro atoms. The van der Waals surface area contributed by atoms with Crippen molar-refractivity contribution in [3.8, 4) is 0 Å². The van der Waals surface area contributed by atoms with Crippen molar-refractivity contribution in [3.63, 3.8) is 0 Å². The first-order valence-electron chi connectivity index (χ1n) is 6.20. The second kappa shape index (κ2) is 6.00. The SMILES string of the molecule is CNc1ncccc1C(=O)N(C)c1ccc([N+](=O)[O-])cc1. The van der Waals surface area contributed by atoms with Gasteiger partial charge in [-0.25, -0.2) is 4.98 Å². The smallest absolute Gasteiger partial charge is 0.269 e. The number of amides is 1. The molecule has 0 aliphatic rings. The van der Waals surface area contributed by atoms with Crippen molar-refractivity contribution in [2.24, 2.45) is 0 Å². The number of carbonyl (C=O) groups is 1. The second-order valence-electron chi connectivity index (χ2n) is 4.29. The van der Waals surface area contributed by atoms with E-state index in [9.17, 15) is 14.9 Å². The van der Waals surface area contributed by atoms with Gasteiger partial charge in [0.1, 0.15) is 5.82 Å². The lowest BCUT2D eigenvalue weighted by atomic mass is 10.2. The Labute approximate surface area is 121 Å². The lowest BCUT2D eigenvalue weighted by Gasteiger charge is -2.18. The van der Waals surface area contributed by atoms with E-state index in [1.807, 2.05) is 0 Å². The zero-order valence-corrected chi connectivity index (χ0v) is 11.6. The van der Waals surface area contributed by atoms with Crippen molar-refractivity contribution in [3.05, 3.63) is 58.3 Å². The van der Waals surface area contributed by atoms with E-state index in [-0.39, 0.29) is 11.6 Å². The Bertz CT molecular complexity index is 670. The lowest BCUT2D eigenvalue weighted by molar-refractivity contribution is -0.384. The number of nitro benzene ring substituents is 1. The molecule has 0 aliphatic carbocycles. The van der Waals surface area contributed by atoms with Gasteiger partial charge in [-0.05, 0) is 24.3 Å². The van der Waals surface area contributed by atoms with E-state index in [2.05, 4.69) is 10.3 Å². The number of hydrogen-bond acceptors (Lipinski definition) is 5. The minimum atomic E-state index is -0.480. The third kappa shape index (κ3) is 2.97. The van der Waals surface area contributed by atoms with E-state index >= 15 is 0 Å². The summed E-state index contributed by atoms with van der Waals surface area (Å²) in [6.45, 7) is 0. The highest BCUT2D eigenvalue weighted by Gasteiger charge is 2.18. The predicted octanol–water partition coefficient (Wildman–Crippen LogP) is 2.31. The number of carbonyl (C=O) groups excluding carboxylic acids is 1. The monoisotopic (exact) mass is 286 g/mol. The molecule has 0 radical (unpaired) electrons. The number of nitrogens with one attached hydrogen (secondary N) is 1. The fourth-order valence-corrected chi connectivity index (χ4v) is 1.87. The van der Waals surface area contributed by atoms with Gasteiger partial charge in [0.15, 0.2) is 0 Å². The molecule has 0 unspecified atom stereocenters. The summed E-state index contributed by atoms with van der Waals surface area (Å²) < 4.78 is 0. The molecule has 0 bridgehead atoms. The summed E-state index contributed by atoms with van der Waals surface area (Å²) in [6.07, 6.45) is 1.59. The Balaban J connectivity index is 2.28. The lowest BCUT2D eigenvalue weighted by Crippen LogP contribution is -2.27. The van der Waals surface area contributed by atoms with Gasteiger partial charge in [0.2, 0.25) is 0 Å². The maximum Gasteiger partial charge on any atom is 0.269 e. The van der Waals surface area contributed by atoms with Crippen LogP contribution < -0.4 is 10.2 Å². The molecule has 1 aromatic heterocycles. The molecular formula is C14H14N4O3. The van der Waals surface area contributed by atoms with Crippen LogP contribution in [0.3, 0.4) is 0 Å². The van der Waals surface area contributed by atoms with Crippen molar-refractivity contribution in [2.75, 3.05) is 24.3 Å². The molecular weight excluding hydrogens is 272 g/mol. The number of non-ortho nitro benzene ring substituents is 1. The predicted molar refractivity (Wildman–Crippen MR) is 79.6 cm³/mol. The van der Waals surface area contributed by atoms with Crippen LogP contribution in [-0.4, -0.2) is 29.9 Å². The molecule has 0 atom stereocenters. The van der Waals surface area contributed by atoms with Gasteiger partial charge in [0.25, 0.3) is 11.6 Å². The number of nitrogens with zero attached hydrogens (tertiary/aromatic N) is 3. The van der Waals surface area contributed by atoms with Crippen LogP contribution in [0.25, 0.3) is 0 Å². The summed E-state index contributed by atoms with van der Waals surface area (Å²) in [5.74, 6) is 0.234. The van der Waals surface area contributed by atoms with Gasteiger partial charge in [-0.15, -0.1) is 0 Å². The normalized spacial score (nSPS) is 10.0. The highest BCUT2D eigenvalue weighted by Crippen LogP contribution is 2.21. The summed E-state index contributed by atoms with van der Waals surface area (Å²) in [5, 5.41) is 13.5. The van der Waals surface area contributed by atoms with Crippen LogP contribution in [0, 0.1) is 10.1 Å². The molecule has 0 saturated carbocycles. The molecule has 2 aromatic rings. The summed E-state index contributed by atoms with van der Waals surface area (Å²) in [6, 6.07) is 9.14. The van der Waals surface area contributed by atoms with E-state index in [1.54, 1.807) is 32.4 Å². The molecule has 7 nitrogen and oxygen atoms in total. The van der Waals surface area contributed by atoms with Crippen molar-refractivity contribution in [1.29, 1.82) is 0 Å². The number of rotatable bonds is 4. The molecule has 7 heteroatoms. The molecule has 1 N–H and O–H groups in total. The third-order valence-electron chi connectivity index (χ3n) is 3.03. The van der Waals surface area contributed by atoms with Crippen LogP contribution in [0.2, 0.25) is 0 Å². The van der Waals surface area contributed by atoms with E-state index in [0.29, 0.717) is 17.1 Å². The number of hydrogen-bond donors (Lipinski definition) is 1. The summed E-state index contributed by atoms with van der Waals surface area (Å²) >= 11 is 0. The molecule has 108 valence electrons. The number of pyridine rings is 1. The van der Waals surface area contributed by atoms with Crippen LogP contribution in [0.15, 0.2) is 42.6 Å². The molecule has 0 aliphatic heterocycles. The van der Waals surface area contributed by atoms with Crippen LogP contribution in [0.4, 0.5) is 17.2 Å². The van der Waals surface area contributed by atoms with Crippen molar-refractivity contribution in [2.45, 2.75) is 0 Å². The van der Waals surface area contributed by atoms with Crippen molar-refractivity contribution < 1.29 is 9.72 Å². The second-order valence-corrected chi connectivity index (χ2v) is 4.29. The Morgan fingerprint density at radius 3 is 2.52 bits per heavy atom. The Morgan fingerprint density at radius 1 is 1.29 bits per heavy atom. The van der Waals surface area contributed by atoms with E-state index in [4.69, 9.17) is 0 Å². The Kier molecular flexibility index (Phi) is 4.13. The van der Waals surface area contributed by atoms with Gasteiger partial charge in [-0.2, -0.15) is 0 Å². The third-order valence-corrected chi connectivity index (χ3v) is 3.03. The van der Waals surface area contributed by atoms with Crippen LogP contribution in [-0.2, 0) is 0 Å². The van der Waals surface area contributed by atoms with Crippen molar-refractivity contribution >= 4 is 23.1 Å². The van der Waals surface area contributed by atoms with Gasteiger partial charge >= 0.3 is 0 Å². The first kappa shape index (κ1) is 14.4. The average molecular weight is 286 g/mol. The summed E-state index contributed by atoms with van der Waals surface area (Å²) in [4.78, 5) is 28.1. The minimum absolute atomic E-state index is 0.0168. The summed E-state index contributed by atoms with van der Waals surface area (Å²) in [7, 11) is 3.29.